The van der Waals surface area contributed by atoms with Gasteiger partial charge in [-0.15, -0.1) is 0 Å². The van der Waals surface area contributed by atoms with Gasteiger partial charge in [0.2, 0.25) is 0 Å². The maximum Gasteiger partial charge on any atom is 0.307 e. The van der Waals surface area contributed by atoms with E-state index in [2.05, 4.69) is 5.32 Å². The molecular formula is C15H19NO3. The highest BCUT2D eigenvalue weighted by Gasteiger charge is 2.13. The van der Waals surface area contributed by atoms with Crippen LogP contribution in [0.3, 0.4) is 0 Å². The largest absolute Gasteiger partial charge is 0.481 e. The van der Waals surface area contributed by atoms with Crippen molar-refractivity contribution in [2.75, 3.05) is 13.1 Å². The number of fused-ring (bicyclic) bond motifs is 1. The Labute approximate surface area is 112 Å². The third kappa shape index (κ3) is 3.35. The summed E-state index contributed by atoms with van der Waals surface area (Å²) in [6.07, 6.45) is 3.27. The van der Waals surface area contributed by atoms with Crippen LogP contribution in [-0.2, 0) is 11.2 Å². The van der Waals surface area contributed by atoms with Crippen molar-refractivity contribution in [1.29, 1.82) is 0 Å². The first-order valence-corrected chi connectivity index (χ1v) is 6.61. The lowest BCUT2D eigenvalue weighted by atomic mass is 10.1. The fourth-order valence-corrected chi connectivity index (χ4v) is 2.13. The van der Waals surface area contributed by atoms with E-state index < -0.39 is 5.97 Å². The van der Waals surface area contributed by atoms with Gasteiger partial charge in [-0.1, -0.05) is 25.1 Å². The van der Waals surface area contributed by atoms with Crippen LogP contribution in [0.15, 0.2) is 34.9 Å². The molecule has 1 atom stereocenters. The number of furan rings is 1. The van der Waals surface area contributed by atoms with Crippen LogP contribution in [0.1, 0.15) is 18.9 Å². The average molecular weight is 261 g/mol. The lowest BCUT2D eigenvalue weighted by molar-refractivity contribution is -0.141. The zero-order valence-corrected chi connectivity index (χ0v) is 11.1. The minimum Gasteiger partial charge on any atom is -0.481 e. The van der Waals surface area contributed by atoms with Crippen molar-refractivity contribution in [1.82, 2.24) is 5.32 Å². The van der Waals surface area contributed by atoms with Crippen LogP contribution >= 0.6 is 0 Å². The van der Waals surface area contributed by atoms with Gasteiger partial charge in [0.1, 0.15) is 5.58 Å². The van der Waals surface area contributed by atoms with E-state index in [0.29, 0.717) is 13.0 Å². The van der Waals surface area contributed by atoms with Gasteiger partial charge in [0.05, 0.1) is 12.2 Å². The normalized spacial score (nSPS) is 12.7. The molecule has 0 saturated heterocycles. The van der Waals surface area contributed by atoms with E-state index >= 15 is 0 Å². The number of hydrogen-bond donors (Lipinski definition) is 2. The number of nitrogens with one attached hydrogen (secondary N) is 1. The van der Waals surface area contributed by atoms with Gasteiger partial charge in [-0.3, -0.25) is 4.79 Å². The average Bonchev–Trinajstić information content (AvgIpc) is 2.82. The van der Waals surface area contributed by atoms with E-state index in [4.69, 9.17) is 9.52 Å². The van der Waals surface area contributed by atoms with Crippen LogP contribution in [0, 0.1) is 5.92 Å². The molecule has 0 aliphatic rings. The number of hydrogen-bond acceptors (Lipinski definition) is 3. The summed E-state index contributed by atoms with van der Waals surface area (Å²) in [6.45, 7) is 3.17. The summed E-state index contributed by atoms with van der Waals surface area (Å²) in [5.74, 6) is -1.04. The predicted octanol–water partition coefficient (Wildman–Crippen LogP) is 2.68. The third-order valence-corrected chi connectivity index (χ3v) is 3.37. The molecule has 4 heteroatoms. The highest BCUT2D eigenvalue weighted by Crippen LogP contribution is 2.20. The number of carboxylic acid groups (broad SMARTS) is 1. The Kier molecular flexibility index (Phi) is 4.58. The summed E-state index contributed by atoms with van der Waals surface area (Å²) in [7, 11) is 0. The van der Waals surface area contributed by atoms with Gasteiger partial charge in [-0.25, -0.2) is 0 Å². The van der Waals surface area contributed by atoms with Crippen molar-refractivity contribution in [3.63, 3.8) is 0 Å². The second kappa shape index (κ2) is 6.38. The quantitative estimate of drug-likeness (QED) is 0.752. The molecule has 2 N–H and O–H groups in total. The lowest BCUT2D eigenvalue weighted by Crippen LogP contribution is -2.29. The molecule has 1 aromatic carbocycles. The first-order chi connectivity index (χ1) is 9.22. The fraction of sp³-hybridized carbons (Fsp3) is 0.400. The lowest BCUT2D eigenvalue weighted by Gasteiger charge is -2.10. The zero-order chi connectivity index (χ0) is 13.7. The SMILES string of the molecule is CCC(CNCCc1coc2ccccc12)C(=O)O. The van der Waals surface area contributed by atoms with Crippen LogP contribution in [0.2, 0.25) is 0 Å². The Balaban J connectivity index is 1.84. The van der Waals surface area contributed by atoms with E-state index in [1.54, 1.807) is 6.26 Å². The van der Waals surface area contributed by atoms with Gasteiger partial charge in [0.15, 0.2) is 0 Å². The zero-order valence-electron chi connectivity index (χ0n) is 11.1. The molecule has 0 aliphatic carbocycles. The molecule has 0 spiro atoms. The van der Waals surface area contributed by atoms with Gasteiger partial charge in [0, 0.05) is 11.9 Å². The van der Waals surface area contributed by atoms with Crippen LogP contribution in [0.4, 0.5) is 0 Å². The molecule has 2 aromatic rings. The fourth-order valence-electron chi connectivity index (χ4n) is 2.13. The Hall–Kier alpha value is -1.81. The van der Waals surface area contributed by atoms with E-state index in [9.17, 15) is 4.79 Å². The van der Waals surface area contributed by atoms with E-state index in [1.807, 2.05) is 31.2 Å². The van der Waals surface area contributed by atoms with Gasteiger partial charge in [-0.2, -0.15) is 0 Å². The van der Waals surface area contributed by atoms with Crippen LogP contribution < -0.4 is 5.32 Å². The Morgan fingerprint density at radius 1 is 1.42 bits per heavy atom. The topological polar surface area (TPSA) is 62.5 Å². The molecular weight excluding hydrogens is 242 g/mol. The standard InChI is InChI=1S/C15H19NO3/c1-2-11(15(17)18)9-16-8-7-12-10-19-14-6-4-3-5-13(12)14/h3-6,10-11,16H,2,7-9H2,1H3,(H,17,18). The molecule has 4 nitrogen and oxygen atoms in total. The number of benzene rings is 1. The second-order valence-corrected chi connectivity index (χ2v) is 4.65. The van der Waals surface area contributed by atoms with Crippen LogP contribution in [-0.4, -0.2) is 24.2 Å². The number of para-hydroxylation sites is 1. The van der Waals surface area contributed by atoms with E-state index in [1.165, 1.54) is 0 Å². The Morgan fingerprint density at radius 2 is 2.21 bits per heavy atom. The number of rotatable bonds is 7. The third-order valence-electron chi connectivity index (χ3n) is 3.37. The molecule has 2 rings (SSSR count). The van der Waals surface area contributed by atoms with Crippen LogP contribution in [0.25, 0.3) is 11.0 Å². The minimum absolute atomic E-state index is 0.305. The first kappa shape index (κ1) is 13.6. The van der Waals surface area contributed by atoms with E-state index in [0.717, 1.165) is 29.5 Å². The predicted molar refractivity (Wildman–Crippen MR) is 74.2 cm³/mol. The molecule has 19 heavy (non-hydrogen) atoms. The van der Waals surface area contributed by atoms with Gasteiger partial charge >= 0.3 is 5.97 Å². The summed E-state index contributed by atoms with van der Waals surface area (Å²) >= 11 is 0. The monoisotopic (exact) mass is 261 g/mol. The highest BCUT2D eigenvalue weighted by molar-refractivity contribution is 5.80. The number of carbonyl (C=O) groups is 1. The van der Waals surface area contributed by atoms with Crippen molar-refractivity contribution in [3.8, 4) is 0 Å². The minimum atomic E-state index is -0.733. The molecule has 0 bridgehead atoms. The molecule has 1 aromatic heterocycles. The summed E-state index contributed by atoms with van der Waals surface area (Å²) in [6, 6.07) is 7.93. The smallest absolute Gasteiger partial charge is 0.307 e. The summed E-state index contributed by atoms with van der Waals surface area (Å²) in [5.41, 5.74) is 2.06. The number of carboxylic acids is 1. The van der Waals surface area contributed by atoms with Crippen LogP contribution in [0.5, 0.6) is 0 Å². The molecule has 0 saturated carbocycles. The van der Waals surface area contributed by atoms with Crippen molar-refractivity contribution in [2.45, 2.75) is 19.8 Å². The molecule has 0 aliphatic heterocycles. The molecule has 1 unspecified atom stereocenters. The van der Waals surface area contributed by atoms with E-state index in [-0.39, 0.29) is 5.92 Å². The molecule has 0 radical (unpaired) electrons. The second-order valence-electron chi connectivity index (χ2n) is 4.65. The Bertz CT molecular complexity index is 547. The summed E-state index contributed by atoms with van der Waals surface area (Å²) in [4.78, 5) is 10.9. The van der Waals surface area contributed by atoms with Gasteiger partial charge in [0.25, 0.3) is 0 Å². The molecule has 0 amide bonds. The van der Waals surface area contributed by atoms with Crippen molar-refractivity contribution in [2.24, 2.45) is 5.92 Å². The maximum absolute atomic E-state index is 10.9. The molecule has 0 fully saturated rings. The molecule has 1 heterocycles. The highest BCUT2D eigenvalue weighted by atomic mass is 16.4. The van der Waals surface area contributed by atoms with Crippen molar-refractivity contribution < 1.29 is 14.3 Å². The van der Waals surface area contributed by atoms with Gasteiger partial charge in [-0.05, 0) is 31.0 Å². The van der Waals surface area contributed by atoms with Crippen molar-refractivity contribution >= 4 is 16.9 Å². The van der Waals surface area contributed by atoms with Gasteiger partial charge < -0.3 is 14.8 Å². The Morgan fingerprint density at radius 3 is 2.95 bits per heavy atom. The summed E-state index contributed by atoms with van der Waals surface area (Å²) in [5, 5.41) is 13.3. The number of aliphatic carboxylic acids is 1. The summed E-state index contributed by atoms with van der Waals surface area (Å²) < 4.78 is 5.46. The van der Waals surface area contributed by atoms with Crippen molar-refractivity contribution in [3.05, 3.63) is 36.1 Å². The first-order valence-electron chi connectivity index (χ1n) is 6.61. The maximum atomic E-state index is 10.9. The molecule has 102 valence electrons.